The normalized spacial score (nSPS) is 16.9. The topological polar surface area (TPSA) is 87.4 Å². The lowest BCUT2D eigenvalue weighted by Crippen LogP contribution is -2.53. The van der Waals surface area contributed by atoms with Crippen LogP contribution in [-0.4, -0.2) is 57.2 Å². The summed E-state index contributed by atoms with van der Waals surface area (Å²) < 4.78 is 30.2. The minimum Gasteiger partial charge on any atom is -0.415 e. The Balaban J connectivity index is 1.40. The van der Waals surface area contributed by atoms with Gasteiger partial charge >= 0.3 is 12.5 Å². The minimum absolute atomic E-state index is 0.0343. The van der Waals surface area contributed by atoms with Crippen LogP contribution in [0.5, 0.6) is 0 Å². The molecular weight excluding hydrogens is 454 g/mol. The van der Waals surface area contributed by atoms with Gasteiger partial charge in [-0.25, -0.2) is 4.79 Å². The number of benzene rings is 1. The Kier molecular flexibility index (Phi) is 7.14. The zero-order valence-electron chi connectivity index (χ0n) is 17.9. The lowest BCUT2D eigenvalue weighted by Gasteiger charge is -2.41. The maximum atomic E-state index is 13.0. The van der Waals surface area contributed by atoms with Crippen LogP contribution in [0.15, 0.2) is 47.0 Å². The lowest BCUT2D eigenvalue weighted by molar-refractivity contribution is 0.0968. The van der Waals surface area contributed by atoms with E-state index >= 15 is 0 Å². The largest absolute Gasteiger partial charge is 0.415 e. The van der Waals surface area contributed by atoms with Crippen molar-refractivity contribution >= 4 is 17.6 Å². The second kappa shape index (κ2) is 10.2. The monoisotopic (exact) mass is 476 g/mol. The third-order valence-electron chi connectivity index (χ3n) is 5.55. The predicted octanol–water partition coefficient (Wildman–Crippen LogP) is 4.31. The first-order valence-electron chi connectivity index (χ1n) is 10.5. The van der Waals surface area contributed by atoms with E-state index in [9.17, 15) is 13.6 Å². The highest BCUT2D eigenvalue weighted by atomic mass is 35.5. The van der Waals surface area contributed by atoms with Gasteiger partial charge in [0, 0.05) is 30.9 Å². The van der Waals surface area contributed by atoms with Crippen LogP contribution >= 0.6 is 11.6 Å². The summed E-state index contributed by atoms with van der Waals surface area (Å²) in [5.41, 5.74) is 2.05. The first-order chi connectivity index (χ1) is 15.9. The number of amides is 2. The number of alkyl halides is 2. The maximum absolute atomic E-state index is 13.0. The molecule has 1 aromatic carbocycles. The van der Waals surface area contributed by atoms with Crippen molar-refractivity contribution in [3.8, 4) is 11.5 Å². The Hall–Kier alpha value is -3.11. The highest BCUT2D eigenvalue weighted by Gasteiger charge is 2.31. The van der Waals surface area contributed by atoms with Gasteiger partial charge in [0.15, 0.2) is 0 Å². The van der Waals surface area contributed by atoms with Gasteiger partial charge in [0.05, 0.1) is 23.8 Å². The van der Waals surface area contributed by atoms with Crippen molar-refractivity contribution in [2.45, 2.75) is 25.9 Å². The van der Waals surface area contributed by atoms with Crippen LogP contribution in [0.1, 0.15) is 36.5 Å². The number of nitrogens with one attached hydrogen (secondary N) is 1. The fraction of sp³-hybridized carbons (Fsp3) is 0.364. The number of nitrogens with zero attached hydrogens (tertiary/aromatic N) is 5. The van der Waals surface area contributed by atoms with E-state index in [1.165, 1.54) is 6.20 Å². The van der Waals surface area contributed by atoms with E-state index in [1.54, 1.807) is 12.1 Å². The standard InChI is InChI=1S/C22H23ClF2N6O2/c1-2-30-9-10-31(18(13-30)14-3-6-16(23)7-4-14)22(32)27-12-17-8-5-15(11-26-17)20-28-29-21(33-20)19(24)25/h3-8,11,18-19H,2,9-10,12-13H2,1H3,(H,27,32). The molecule has 4 rings (SSSR count). The van der Waals surface area contributed by atoms with Crippen molar-refractivity contribution < 1.29 is 18.0 Å². The predicted molar refractivity (Wildman–Crippen MR) is 118 cm³/mol. The highest BCUT2D eigenvalue weighted by molar-refractivity contribution is 6.30. The number of urea groups is 1. The highest BCUT2D eigenvalue weighted by Crippen LogP contribution is 2.27. The number of hydrogen-bond donors (Lipinski definition) is 1. The van der Waals surface area contributed by atoms with Crippen molar-refractivity contribution in [3.05, 3.63) is 64.8 Å². The molecule has 0 saturated carbocycles. The van der Waals surface area contributed by atoms with Crippen molar-refractivity contribution in [1.82, 2.24) is 30.3 Å². The van der Waals surface area contributed by atoms with Crippen molar-refractivity contribution in [1.29, 1.82) is 0 Å². The van der Waals surface area contributed by atoms with Crippen LogP contribution in [0.4, 0.5) is 13.6 Å². The Morgan fingerprint density at radius 2 is 2.00 bits per heavy atom. The van der Waals surface area contributed by atoms with E-state index < -0.39 is 12.3 Å². The lowest BCUT2D eigenvalue weighted by atomic mass is 10.0. The molecule has 1 N–H and O–H groups in total. The second-order valence-electron chi connectivity index (χ2n) is 7.60. The van der Waals surface area contributed by atoms with E-state index in [2.05, 4.69) is 32.3 Å². The molecule has 1 fully saturated rings. The van der Waals surface area contributed by atoms with Crippen LogP contribution in [0.2, 0.25) is 5.02 Å². The number of carbonyl (C=O) groups excluding carboxylic acids is 1. The Morgan fingerprint density at radius 3 is 2.64 bits per heavy atom. The summed E-state index contributed by atoms with van der Waals surface area (Å²) in [4.78, 5) is 21.4. The molecule has 3 heterocycles. The molecular formula is C22H23ClF2N6O2. The molecule has 0 radical (unpaired) electrons. The summed E-state index contributed by atoms with van der Waals surface area (Å²) in [5.74, 6) is -0.771. The van der Waals surface area contributed by atoms with Crippen LogP contribution < -0.4 is 5.32 Å². The van der Waals surface area contributed by atoms with Crippen LogP contribution in [0.3, 0.4) is 0 Å². The van der Waals surface area contributed by atoms with E-state index in [-0.39, 0.29) is 24.5 Å². The molecule has 8 nitrogen and oxygen atoms in total. The summed E-state index contributed by atoms with van der Waals surface area (Å²) in [5, 5.41) is 10.5. The Morgan fingerprint density at radius 1 is 1.21 bits per heavy atom. The number of hydrogen-bond acceptors (Lipinski definition) is 6. The Bertz CT molecular complexity index is 1080. The zero-order valence-corrected chi connectivity index (χ0v) is 18.7. The summed E-state index contributed by atoms with van der Waals surface area (Å²) >= 11 is 6.03. The molecule has 1 aliphatic rings. The third kappa shape index (κ3) is 5.45. The van der Waals surface area contributed by atoms with Gasteiger partial charge in [-0.3, -0.25) is 9.88 Å². The molecule has 1 atom stereocenters. The van der Waals surface area contributed by atoms with E-state index in [0.717, 1.165) is 25.2 Å². The fourth-order valence-corrected chi connectivity index (χ4v) is 3.83. The molecule has 0 aliphatic carbocycles. The third-order valence-corrected chi connectivity index (χ3v) is 5.80. The van der Waals surface area contributed by atoms with Crippen LogP contribution in [0, 0.1) is 0 Å². The van der Waals surface area contributed by atoms with Crippen LogP contribution in [0.25, 0.3) is 11.5 Å². The number of rotatable bonds is 6. The average Bonchev–Trinajstić information content (AvgIpc) is 3.34. The molecule has 0 bridgehead atoms. The van der Waals surface area contributed by atoms with Crippen molar-refractivity contribution in [2.24, 2.45) is 0 Å². The van der Waals surface area contributed by atoms with E-state index in [0.29, 0.717) is 22.8 Å². The summed E-state index contributed by atoms with van der Waals surface area (Å²) in [6.45, 7) is 5.37. The van der Waals surface area contributed by atoms with E-state index in [1.807, 2.05) is 29.2 Å². The number of pyridine rings is 1. The molecule has 1 unspecified atom stereocenters. The van der Waals surface area contributed by atoms with Gasteiger partial charge < -0.3 is 14.6 Å². The summed E-state index contributed by atoms with van der Waals surface area (Å²) in [7, 11) is 0. The molecule has 11 heteroatoms. The number of piperazine rings is 1. The second-order valence-corrected chi connectivity index (χ2v) is 8.03. The molecule has 1 aliphatic heterocycles. The van der Waals surface area contributed by atoms with Gasteiger partial charge in [0.25, 0.3) is 5.89 Å². The average molecular weight is 477 g/mol. The minimum atomic E-state index is -2.83. The quantitative estimate of drug-likeness (QED) is 0.570. The van der Waals surface area contributed by atoms with Crippen LogP contribution in [-0.2, 0) is 6.54 Å². The van der Waals surface area contributed by atoms with E-state index in [4.69, 9.17) is 16.0 Å². The maximum Gasteiger partial charge on any atom is 0.318 e. The molecule has 33 heavy (non-hydrogen) atoms. The SMILES string of the molecule is CCN1CCN(C(=O)NCc2ccc(-c3nnc(C(F)F)o3)cn2)C(c2ccc(Cl)cc2)C1. The number of aromatic nitrogens is 3. The van der Waals surface area contributed by atoms with Gasteiger partial charge in [-0.1, -0.05) is 30.7 Å². The fourth-order valence-electron chi connectivity index (χ4n) is 3.70. The molecule has 3 aromatic rings. The zero-order chi connectivity index (χ0) is 23.4. The van der Waals surface area contributed by atoms with Gasteiger partial charge in [0.1, 0.15) is 0 Å². The van der Waals surface area contributed by atoms with Gasteiger partial charge in [-0.2, -0.15) is 8.78 Å². The first-order valence-corrected chi connectivity index (χ1v) is 10.9. The van der Waals surface area contributed by atoms with Gasteiger partial charge in [-0.05, 0) is 36.4 Å². The molecule has 2 amide bonds. The first kappa shape index (κ1) is 23.1. The summed E-state index contributed by atoms with van der Waals surface area (Å²) in [6.07, 6.45) is -1.38. The molecule has 1 saturated heterocycles. The molecule has 174 valence electrons. The molecule has 0 spiro atoms. The Labute approximate surface area is 194 Å². The van der Waals surface area contributed by atoms with Gasteiger partial charge in [0.2, 0.25) is 5.89 Å². The molecule has 2 aromatic heterocycles. The summed E-state index contributed by atoms with van der Waals surface area (Å²) in [6, 6.07) is 10.6. The number of halogens is 3. The van der Waals surface area contributed by atoms with Crippen molar-refractivity contribution in [2.75, 3.05) is 26.2 Å². The number of carbonyl (C=O) groups is 1. The van der Waals surface area contributed by atoms with Gasteiger partial charge in [-0.15, -0.1) is 10.2 Å². The van der Waals surface area contributed by atoms with Crippen molar-refractivity contribution in [3.63, 3.8) is 0 Å². The smallest absolute Gasteiger partial charge is 0.318 e. The number of likely N-dealkylation sites (N-methyl/N-ethyl adjacent to an activating group) is 1.